The van der Waals surface area contributed by atoms with Gasteiger partial charge in [-0.2, -0.15) is 0 Å². The molecule has 0 aliphatic rings. The van der Waals surface area contributed by atoms with E-state index in [1.807, 2.05) is 21.1 Å². The number of unbranched alkanes of at least 4 members (excludes halogenated alkanes) is 41. The average Bonchev–Trinajstić information content (AvgIpc) is 1.65. The third kappa shape index (κ3) is 83.1. The van der Waals surface area contributed by atoms with Gasteiger partial charge in [0.2, 0.25) is 0 Å². The zero-order valence-electron chi connectivity index (χ0n) is 65.9. The lowest BCUT2D eigenvalue weighted by atomic mass is 10.0. The molecule has 0 aliphatic carbocycles. The highest BCUT2D eigenvalue weighted by atomic mass is 31.2. The number of phosphoric acid groups is 1. The van der Waals surface area contributed by atoms with Crippen LogP contribution in [0.1, 0.15) is 373 Å². The minimum Gasteiger partial charge on any atom is -0.462 e. The number of carbonyl (C=O) groups is 2. The quantitative estimate of drug-likeness (QED) is 0.0211. The van der Waals surface area contributed by atoms with Crippen LogP contribution in [-0.4, -0.2) is 74.9 Å². The zero-order valence-corrected chi connectivity index (χ0v) is 66.8. The van der Waals surface area contributed by atoms with Crippen LogP contribution in [0.4, 0.5) is 0 Å². The molecule has 2 atom stereocenters. The lowest BCUT2D eigenvalue weighted by Crippen LogP contribution is -2.37. The van der Waals surface area contributed by atoms with Crippen molar-refractivity contribution in [2.75, 3.05) is 47.5 Å². The summed E-state index contributed by atoms with van der Waals surface area (Å²) >= 11 is 0. The van der Waals surface area contributed by atoms with E-state index in [1.165, 1.54) is 231 Å². The molecule has 0 saturated carbocycles. The van der Waals surface area contributed by atoms with Crippen LogP contribution in [0.5, 0.6) is 0 Å². The van der Waals surface area contributed by atoms with E-state index in [2.05, 4.69) is 148 Å². The Morgan fingerprint density at radius 3 is 0.860 bits per heavy atom. The van der Waals surface area contributed by atoms with Crippen LogP contribution in [0.3, 0.4) is 0 Å². The number of nitrogens with zero attached hydrogens (tertiary/aromatic N) is 1. The summed E-state index contributed by atoms with van der Waals surface area (Å²) in [6.07, 6.45) is 116. The molecule has 2 unspecified atom stereocenters. The molecule has 0 heterocycles. The Morgan fingerprint density at radius 1 is 0.320 bits per heavy atom. The minimum absolute atomic E-state index is 0.0212. The van der Waals surface area contributed by atoms with Crippen molar-refractivity contribution in [1.29, 1.82) is 0 Å². The van der Waals surface area contributed by atoms with Crippen LogP contribution in [0.15, 0.2) is 134 Å². The van der Waals surface area contributed by atoms with Gasteiger partial charge in [-0.15, -0.1) is 0 Å². The predicted molar refractivity (Wildman–Crippen MR) is 436 cm³/mol. The molecule has 0 radical (unpaired) electrons. The van der Waals surface area contributed by atoms with Crippen LogP contribution in [0.25, 0.3) is 0 Å². The number of ether oxygens (including phenoxy) is 2. The van der Waals surface area contributed by atoms with Gasteiger partial charge in [0.15, 0.2) is 6.10 Å². The SMILES string of the molecule is CC/C=C\C/C=C\C/C=C\C/C=C\C/C=C\C/C=C\C/C=C\C/C=C\C/C=C\C/C=C\CCCCCCC(=O)OC(COC(=O)CCCCCCCCCCCCCCCCCCCCCCCCCCCCCCC/C=C\CCCCCCCCCC)COP(=O)(O)OCC[N+](C)(C)C. The average molecular weight is 1410 g/mol. The first-order valence-corrected chi connectivity index (χ1v) is 43.4. The molecule has 0 aliphatic heterocycles. The number of esters is 2. The molecule has 0 aromatic carbocycles. The lowest BCUT2D eigenvalue weighted by Gasteiger charge is -2.24. The Labute approximate surface area is 619 Å². The van der Waals surface area contributed by atoms with Crippen LogP contribution < -0.4 is 0 Å². The third-order valence-electron chi connectivity index (χ3n) is 18.2. The highest BCUT2D eigenvalue weighted by Gasteiger charge is 2.27. The monoisotopic (exact) mass is 1410 g/mol. The van der Waals surface area contributed by atoms with Crippen molar-refractivity contribution in [3.63, 3.8) is 0 Å². The molecular formula is C90H159NO8P+. The maximum atomic E-state index is 12.9. The van der Waals surface area contributed by atoms with Crippen molar-refractivity contribution in [2.45, 2.75) is 380 Å². The molecular weight excluding hydrogens is 1250 g/mol. The number of likely N-dealkylation sites (N-methyl/N-ethyl adjacent to an activating group) is 1. The maximum absolute atomic E-state index is 12.9. The lowest BCUT2D eigenvalue weighted by molar-refractivity contribution is -0.870. The van der Waals surface area contributed by atoms with E-state index in [9.17, 15) is 19.0 Å². The molecule has 0 spiro atoms. The van der Waals surface area contributed by atoms with Gasteiger partial charge in [0.25, 0.3) is 0 Å². The van der Waals surface area contributed by atoms with Crippen molar-refractivity contribution >= 4 is 19.8 Å². The number of allylic oxidation sites excluding steroid dienone is 22. The number of hydrogen-bond donors (Lipinski definition) is 1. The van der Waals surface area contributed by atoms with E-state index in [0.717, 1.165) is 109 Å². The number of carbonyl (C=O) groups excluding carboxylic acids is 2. The van der Waals surface area contributed by atoms with Gasteiger partial charge in [-0.1, -0.05) is 379 Å². The van der Waals surface area contributed by atoms with Crippen molar-refractivity contribution < 1.29 is 42.1 Å². The van der Waals surface area contributed by atoms with Gasteiger partial charge in [0.1, 0.15) is 19.8 Å². The highest BCUT2D eigenvalue weighted by Crippen LogP contribution is 2.43. The Balaban J connectivity index is 3.99. The van der Waals surface area contributed by atoms with Crippen LogP contribution in [0.2, 0.25) is 0 Å². The van der Waals surface area contributed by atoms with Gasteiger partial charge < -0.3 is 18.9 Å². The van der Waals surface area contributed by atoms with E-state index in [0.29, 0.717) is 17.4 Å². The normalized spacial score (nSPS) is 13.7. The summed E-state index contributed by atoms with van der Waals surface area (Å²) in [6.45, 7) is 4.32. The van der Waals surface area contributed by atoms with Gasteiger partial charge in [0, 0.05) is 12.8 Å². The fourth-order valence-electron chi connectivity index (χ4n) is 11.8. The molecule has 0 bridgehead atoms. The van der Waals surface area contributed by atoms with Gasteiger partial charge in [-0.3, -0.25) is 18.6 Å². The van der Waals surface area contributed by atoms with Crippen molar-refractivity contribution in [1.82, 2.24) is 0 Å². The summed E-state index contributed by atoms with van der Waals surface area (Å²) < 4.78 is 34.8. The smallest absolute Gasteiger partial charge is 0.462 e. The first kappa shape index (κ1) is 96.2. The van der Waals surface area contributed by atoms with Gasteiger partial charge in [0.05, 0.1) is 27.7 Å². The molecule has 0 aromatic heterocycles. The third-order valence-corrected chi connectivity index (χ3v) is 19.1. The zero-order chi connectivity index (χ0) is 72.5. The number of rotatable bonds is 77. The standard InChI is InChI=1S/C90H158NO8P/c1-6-8-10-12-14-16-18-20-22-24-26-28-30-32-34-36-38-40-42-43-44-45-46-47-49-50-52-54-56-58-60-62-64-66-68-70-72-74-76-78-80-82-89(92)96-86-88(87-98-100(94,95)97-85-84-91(3,4)5)99-90(93)83-81-79-77-75-73-71-69-67-65-63-61-59-57-55-53-51-48-41-39-37-35-33-31-29-27-25-23-21-19-17-15-13-11-9-7-2/h9,11,15,17,21,23-24,26-27,29,33,35,39,41,51,53,57,59,63,65,69,71,88H,6-8,10,12-14,16,18-20,22,25,28,30-32,34,36-38,40,42-50,52,54-56,58,60-62,64,66-68,70,72-87H2,1-5H3/p+1/b11-9-,17-15-,23-21-,26-24-,29-27-,35-33-,41-39-,53-51-,59-57-,65-63-,71-69-. The summed E-state index contributed by atoms with van der Waals surface area (Å²) in [6, 6.07) is 0. The van der Waals surface area contributed by atoms with E-state index >= 15 is 0 Å². The van der Waals surface area contributed by atoms with E-state index in [1.54, 1.807) is 0 Å². The molecule has 576 valence electrons. The predicted octanol–water partition coefficient (Wildman–Crippen LogP) is 28.3. The van der Waals surface area contributed by atoms with Gasteiger partial charge in [-0.25, -0.2) is 4.57 Å². The van der Waals surface area contributed by atoms with Crippen molar-refractivity contribution in [2.24, 2.45) is 0 Å². The fourth-order valence-corrected chi connectivity index (χ4v) is 12.6. The topological polar surface area (TPSA) is 108 Å². The van der Waals surface area contributed by atoms with Gasteiger partial charge in [-0.05, 0) is 116 Å². The summed E-state index contributed by atoms with van der Waals surface area (Å²) in [4.78, 5) is 36.0. The largest absolute Gasteiger partial charge is 0.472 e. The molecule has 100 heavy (non-hydrogen) atoms. The second kappa shape index (κ2) is 79.3. The van der Waals surface area contributed by atoms with E-state index < -0.39 is 26.5 Å². The van der Waals surface area contributed by atoms with Crippen LogP contribution >= 0.6 is 7.82 Å². The van der Waals surface area contributed by atoms with Crippen LogP contribution in [0, 0.1) is 0 Å². The maximum Gasteiger partial charge on any atom is 0.472 e. The van der Waals surface area contributed by atoms with Crippen molar-refractivity contribution in [3.05, 3.63) is 134 Å². The Kier molecular flexibility index (Phi) is 76.2. The molecule has 0 rings (SSSR count). The highest BCUT2D eigenvalue weighted by molar-refractivity contribution is 7.47. The van der Waals surface area contributed by atoms with E-state index in [4.69, 9.17) is 18.5 Å². The Morgan fingerprint density at radius 2 is 0.570 bits per heavy atom. The molecule has 9 nitrogen and oxygen atoms in total. The molecule has 1 N–H and O–H groups in total. The number of quaternary nitrogens is 1. The first-order chi connectivity index (χ1) is 49.0. The molecule has 0 amide bonds. The first-order valence-electron chi connectivity index (χ1n) is 41.9. The second-order valence-corrected chi connectivity index (χ2v) is 30.6. The summed E-state index contributed by atoms with van der Waals surface area (Å²) in [5, 5.41) is 0. The second-order valence-electron chi connectivity index (χ2n) is 29.1. The van der Waals surface area contributed by atoms with Gasteiger partial charge >= 0.3 is 19.8 Å². The van der Waals surface area contributed by atoms with Crippen molar-refractivity contribution in [3.8, 4) is 0 Å². The summed E-state index contributed by atoms with van der Waals surface area (Å²) in [5.41, 5.74) is 0. The molecule has 0 fully saturated rings. The van der Waals surface area contributed by atoms with Crippen LogP contribution in [-0.2, 0) is 32.7 Å². The Hall–Kier alpha value is -3.85. The van der Waals surface area contributed by atoms with E-state index in [-0.39, 0.29) is 32.0 Å². The minimum atomic E-state index is -4.41. The summed E-state index contributed by atoms with van der Waals surface area (Å²) in [5.74, 6) is -0.821. The molecule has 0 saturated heterocycles. The molecule has 10 heteroatoms. The fraction of sp³-hybridized carbons (Fsp3) is 0.733. The Bertz CT molecular complexity index is 2160. The molecule has 0 aromatic rings. The number of phosphoric ester groups is 1. The summed E-state index contributed by atoms with van der Waals surface area (Å²) in [7, 11) is 1.46. The number of hydrogen-bond acceptors (Lipinski definition) is 7.